The van der Waals surface area contributed by atoms with Gasteiger partial charge < -0.3 is 15.0 Å². The summed E-state index contributed by atoms with van der Waals surface area (Å²) < 4.78 is 2.07. The topological polar surface area (TPSA) is 92.9 Å². The van der Waals surface area contributed by atoms with Crippen molar-refractivity contribution in [1.82, 2.24) is 19.5 Å². The summed E-state index contributed by atoms with van der Waals surface area (Å²) in [5.41, 5.74) is 6.30. The summed E-state index contributed by atoms with van der Waals surface area (Å²) in [5, 5.41) is 13.8. The van der Waals surface area contributed by atoms with Gasteiger partial charge in [0.05, 0.1) is 16.7 Å². The number of carboxylic acid groups (broad SMARTS) is 1. The van der Waals surface area contributed by atoms with Gasteiger partial charge in [0.25, 0.3) is 0 Å². The molecule has 7 heteroatoms. The van der Waals surface area contributed by atoms with Gasteiger partial charge in [-0.05, 0) is 47.3 Å². The Hall–Kier alpha value is -4.52. The van der Waals surface area contributed by atoms with E-state index < -0.39 is 5.97 Å². The summed E-state index contributed by atoms with van der Waals surface area (Å²) >= 11 is 0. The van der Waals surface area contributed by atoms with Crippen molar-refractivity contribution in [3.63, 3.8) is 0 Å². The summed E-state index contributed by atoms with van der Waals surface area (Å²) in [7, 11) is 2.01. The van der Waals surface area contributed by atoms with Crippen LogP contribution in [0.15, 0.2) is 85.6 Å². The number of nitrogens with zero attached hydrogens (tertiary/aromatic N) is 4. The van der Waals surface area contributed by atoms with Crippen molar-refractivity contribution in [2.45, 2.75) is 0 Å². The van der Waals surface area contributed by atoms with Crippen LogP contribution in [0.1, 0.15) is 5.56 Å². The second-order valence-corrected chi connectivity index (χ2v) is 7.41. The Morgan fingerprint density at radius 1 is 1.06 bits per heavy atom. The third kappa shape index (κ3) is 3.67. The number of fused-ring (bicyclic) bond motifs is 2. The molecule has 156 valence electrons. The average molecular weight is 421 g/mol. The van der Waals surface area contributed by atoms with Crippen molar-refractivity contribution in [2.24, 2.45) is 7.05 Å². The summed E-state index contributed by atoms with van der Waals surface area (Å²) in [6, 6.07) is 15.7. The first-order chi connectivity index (χ1) is 15.6. The van der Waals surface area contributed by atoms with E-state index in [1.165, 1.54) is 0 Å². The number of carboxylic acids is 1. The molecule has 0 fully saturated rings. The van der Waals surface area contributed by atoms with E-state index in [4.69, 9.17) is 0 Å². The molecule has 0 unspecified atom stereocenters. The Morgan fingerprint density at radius 2 is 1.94 bits per heavy atom. The number of aliphatic carboxylic acids is 1. The molecular weight excluding hydrogens is 402 g/mol. The van der Waals surface area contributed by atoms with E-state index in [0.29, 0.717) is 22.5 Å². The highest BCUT2D eigenvalue weighted by Crippen LogP contribution is 2.33. The van der Waals surface area contributed by atoms with Gasteiger partial charge in [0.2, 0.25) is 0 Å². The third-order valence-corrected chi connectivity index (χ3v) is 5.29. The molecule has 0 atom stereocenters. The molecule has 3 heterocycles. The van der Waals surface area contributed by atoms with E-state index in [1.807, 2.05) is 25.4 Å². The van der Waals surface area contributed by atoms with Gasteiger partial charge in [-0.3, -0.25) is 15.0 Å². The first-order valence-corrected chi connectivity index (χ1v) is 10.0. The molecular formula is C25H19N5O2. The molecule has 2 N–H and O–H groups in total. The maximum atomic E-state index is 11.4. The van der Waals surface area contributed by atoms with Gasteiger partial charge in [-0.15, -0.1) is 0 Å². The van der Waals surface area contributed by atoms with Crippen LogP contribution in [0.25, 0.3) is 38.8 Å². The minimum atomic E-state index is -1.05. The number of aromatic nitrogens is 4. The first-order valence-electron chi connectivity index (χ1n) is 10.0. The van der Waals surface area contributed by atoms with Crippen molar-refractivity contribution in [1.29, 1.82) is 0 Å². The Labute approximate surface area is 183 Å². The Kier molecular flexibility index (Phi) is 4.84. The number of carbonyl (C=O) groups is 1. The van der Waals surface area contributed by atoms with E-state index in [0.717, 1.165) is 33.6 Å². The number of rotatable bonds is 5. The Bertz CT molecular complexity index is 1490. The number of benzene rings is 2. The van der Waals surface area contributed by atoms with Crippen LogP contribution in [0.3, 0.4) is 0 Å². The van der Waals surface area contributed by atoms with Crippen LogP contribution >= 0.6 is 0 Å². The maximum absolute atomic E-state index is 11.4. The first kappa shape index (κ1) is 19.4. The lowest BCUT2D eigenvalue weighted by Crippen LogP contribution is -2.03. The van der Waals surface area contributed by atoms with E-state index in [9.17, 15) is 9.90 Å². The zero-order chi connectivity index (χ0) is 22.1. The smallest absolute Gasteiger partial charge is 0.330 e. The number of hydrogen-bond acceptors (Lipinski definition) is 5. The largest absolute Gasteiger partial charge is 0.478 e. The van der Waals surface area contributed by atoms with Gasteiger partial charge in [-0.1, -0.05) is 12.1 Å². The number of aryl methyl sites for hydroxylation is 1. The number of hydrogen-bond donors (Lipinski definition) is 2. The lowest BCUT2D eigenvalue weighted by atomic mass is 10.0. The van der Waals surface area contributed by atoms with Gasteiger partial charge in [0.15, 0.2) is 0 Å². The fourth-order valence-electron chi connectivity index (χ4n) is 3.79. The lowest BCUT2D eigenvalue weighted by molar-refractivity contribution is -0.131. The van der Waals surface area contributed by atoms with Crippen molar-refractivity contribution >= 4 is 39.3 Å². The summed E-state index contributed by atoms with van der Waals surface area (Å²) in [4.78, 5) is 24.6. The van der Waals surface area contributed by atoms with Gasteiger partial charge in [0.1, 0.15) is 0 Å². The van der Waals surface area contributed by atoms with Crippen molar-refractivity contribution < 1.29 is 9.90 Å². The Morgan fingerprint density at radius 3 is 2.75 bits per heavy atom. The fraction of sp³-hybridized carbons (Fsp3) is 0.0400. The van der Waals surface area contributed by atoms with Gasteiger partial charge in [-0.2, -0.15) is 0 Å². The second kappa shape index (κ2) is 7.96. The van der Waals surface area contributed by atoms with E-state index >= 15 is 0 Å². The fourth-order valence-corrected chi connectivity index (χ4v) is 3.79. The predicted molar refractivity (Wildman–Crippen MR) is 125 cm³/mol. The van der Waals surface area contributed by atoms with Crippen LogP contribution in [0.2, 0.25) is 0 Å². The van der Waals surface area contributed by atoms with E-state index in [2.05, 4.69) is 49.1 Å². The highest BCUT2D eigenvalue weighted by molar-refractivity contribution is 5.99. The molecule has 7 nitrogen and oxygen atoms in total. The zero-order valence-corrected chi connectivity index (χ0v) is 17.2. The third-order valence-electron chi connectivity index (χ3n) is 5.29. The van der Waals surface area contributed by atoms with Crippen LogP contribution in [-0.2, 0) is 11.8 Å². The highest BCUT2D eigenvalue weighted by Gasteiger charge is 2.12. The molecule has 0 radical (unpaired) electrons. The van der Waals surface area contributed by atoms with Crippen LogP contribution in [0.4, 0.5) is 5.69 Å². The number of pyridine rings is 1. The molecule has 0 saturated heterocycles. The molecule has 5 aromatic rings. The van der Waals surface area contributed by atoms with Crippen molar-refractivity contribution in [3.8, 4) is 11.1 Å². The zero-order valence-electron chi connectivity index (χ0n) is 17.2. The van der Waals surface area contributed by atoms with Gasteiger partial charge in [0, 0.05) is 66.4 Å². The summed E-state index contributed by atoms with van der Waals surface area (Å²) in [6.07, 6.45) is 9.74. The molecule has 0 saturated carbocycles. The predicted octanol–water partition coefficient (Wildman–Crippen LogP) is 4.72. The molecule has 5 rings (SSSR count). The summed E-state index contributed by atoms with van der Waals surface area (Å²) in [5.74, 6) is -1.05. The van der Waals surface area contributed by atoms with Crippen LogP contribution in [0.5, 0.6) is 0 Å². The van der Waals surface area contributed by atoms with Crippen molar-refractivity contribution in [2.75, 3.05) is 5.32 Å². The molecule has 3 aromatic heterocycles. The normalized spacial score (nSPS) is 11.7. The standard InChI is InChI=1S/C25H19N5O2/c1-30-10-6-16-4-5-17(11-23(16)30)20-12-19(13-22-25(20)28-9-8-27-22)29-21(14-24(31)32)18-3-2-7-26-15-18/h2-15,29H,1H3,(H,31,32)/b21-14+. The van der Waals surface area contributed by atoms with Crippen LogP contribution in [0, 0.1) is 0 Å². The number of nitrogens with one attached hydrogen (secondary N) is 1. The van der Waals surface area contributed by atoms with Gasteiger partial charge >= 0.3 is 5.97 Å². The molecule has 2 aromatic carbocycles. The average Bonchev–Trinajstić information content (AvgIpc) is 3.18. The second-order valence-electron chi connectivity index (χ2n) is 7.41. The lowest BCUT2D eigenvalue weighted by Gasteiger charge is -2.14. The molecule has 0 aliphatic heterocycles. The summed E-state index contributed by atoms with van der Waals surface area (Å²) in [6.45, 7) is 0. The molecule has 0 spiro atoms. The van der Waals surface area contributed by atoms with Crippen LogP contribution < -0.4 is 5.32 Å². The molecule has 32 heavy (non-hydrogen) atoms. The maximum Gasteiger partial charge on any atom is 0.330 e. The van der Waals surface area contributed by atoms with Crippen molar-refractivity contribution in [3.05, 3.63) is 91.2 Å². The minimum Gasteiger partial charge on any atom is -0.478 e. The number of anilines is 1. The monoisotopic (exact) mass is 421 g/mol. The van der Waals surface area contributed by atoms with E-state index in [-0.39, 0.29) is 0 Å². The minimum absolute atomic E-state index is 0.428. The Balaban J connectivity index is 1.66. The molecule has 0 bridgehead atoms. The quantitative estimate of drug-likeness (QED) is 0.399. The molecule has 0 aliphatic carbocycles. The van der Waals surface area contributed by atoms with Crippen LogP contribution in [-0.4, -0.2) is 30.6 Å². The molecule has 0 aliphatic rings. The SMILES string of the molecule is Cn1ccc2ccc(-c3cc(N/C(=C/C(=O)O)c4cccnc4)cc4nccnc34)cc21. The molecule has 0 amide bonds. The van der Waals surface area contributed by atoms with E-state index in [1.54, 1.807) is 36.9 Å². The van der Waals surface area contributed by atoms with Gasteiger partial charge in [-0.25, -0.2) is 4.79 Å². The highest BCUT2D eigenvalue weighted by atomic mass is 16.4.